The first-order valence-electron chi connectivity index (χ1n) is 9.01. The van der Waals surface area contributed by atoms with Crippen molar-refractivity contribution in [2.24, 2.45) is 0 Å². The van der Waals surface area contributed by atoms with Gasteiger partial charge in [-0.3, -0.25) is 9.97 Å². The van der Waals surface area contributed by atoms with Crippen molar-refractivity contribution in [1.29, 1.82) is 0 Å². The fraction of sp³-hybridized carbons (Fsp3) is 0.182. The highest BCUT2D eigenvalue weighted by atomic mass is 29.3. The molecule has 0 N–H and O–H groups in total. The average Bonchev–Trinajstić information content (AvgIpc) is 2.68. The van der Waals surface area contributed by atoms with Gasteiger partial charge in [-0.25, -0.2) is 0 Å². The van der Waals surface area contributed by atoms with E-state index in [9.17, 15) is 0 Å². The number of benzene rings is 2. The van der Waals surface area contributed by atoms with Crippen molar-refractivity contribution in [3.05, 3.63) is 84.4 Å². The quantitative estimate of drug-likeness (QED) is 0.624. The molecule has 0 spiro atoms. The Morgan fingerprint density at radius 1 is 0.731 bits per heavy atom. The van der Waals surface area contributed by atoms with Gasteiger partial charge in [-0.2, -0.15) is 0 Å². The normalized spacial score (nSPS) is 12.5. The third-order valence-corrected chi connectivity index (χ3v) is 23.5. The van der Waals surface area contributed by atoms with Crippen molar-refractivity contribution in [2.45, 2.75) is 26.2 Å². The molecule has 2 nitrogen and oxygen atoms in total. The molecule has 132 valence electrons. The summed E-state index contributed by atoms with van der Waals surface area (Å²) in [6, 6.07) is 20.1. The zero-order chi connectivity index (χ0) is 18.6. The van der Waals surface area contributed by atoms with Crippen LogP contribution >= 0.6 is 0 Å². The lowest BCUT2D eigenvalue weighted by atomic mass is 10.2. The van der Waals surface area contributed by atoms with Gasteiger partial charge in [0.25, 0.3) is 0 Å². The first kappa shape index (κ1) is 18.5. The summed E-state index contributed by atoms with van der Waals surface area (Å²) in [6.07, 6.45) is 9.36. The highest BCUT2D eigenvalue weighted by Gasteiger charge is 2.43. The lowest BCUT2D eigenvalue weighted by molar-refractivity contribution is 1.18. The van der Waals surface area contributed by atoms with Gasteiger partial charge in [0.2, 0.25) is 0 Å². The second kappa shape index (κ2) is 7.52. The first-order chi connectivity index (χ1) is 12.4. The third-order valence-electron chi connectivity index (χ3n) is 5.70. The lowest BCUT2D eigenvalue weighted by Gasteiger charge is -2.39. The maximum atomic E-state index is 4.31. The van der Waals surface area contributed by atoms with Crippen LogP contribution in [0, 0.1) is 0 Å². The van der Waals surface area contributed by atoms with E-state index in [4.69, 9.17) is 0 Å². The van der Waals surface area contributed by atoms with E-state index in [0.717, 1.165) is 5.69 Å². The molecule has 2 aromatic carbocycles. The van der Waals surface area contributed by atoms with E-state index in [0.29, 0.717) is 0 Å². The van der Waals surface area contributed by atoms with Gasteiger partial charge >= 0.3 is 0 Å². The highest BCUT2D eigenvalue weighted by Crippen LogP contribution is 2.20. The van der Waals surface area contributed by atoms with E-state index in [2.05, 4.69) is 96.8 Å². The Bertz CT molecular complexity index is 888. The summed E-state index contributed by atoms with van der Waals surface area (Å²) in [7, 11) is -3.18. The van der Waals surface area contributed by atoms with Gasteiger partial charge < -0.3 is 0 Å². The van der Waals surface area contributed by atoms with Crippen LogP contribution in [0.5, 0.6) is 0 Å². The average molecular weight is 375 g/mol. The summed E-state index contributed by atoms with van der Waals surface area (Å²) < 4.78 is 0. The minimum Gasteiger partial charge on any atom is -0.261 e. The fourth-order valence-electron chi connectivity index (χ4n) is 3.19. The van der Waals surface area contributed by atoms with Crippen molar-refractivity contribution in [3.63, 3.8) is 0 Å². The molecule has 0 atom stereocenters. The fourth-order valence-corrected chi connectivity index (χ4v) is 12.0. The summed E-state index contributed by atoms with van der Waals surface area (Å²) in [5, 5.41) is 3.08. The standard InChI is InChI=1S/C22H26N2Si2/c1-25(2,21-10-6-5-7-11-21)26(3,4)22-12-8-9-19(17-22)13-14-20-18-23-15-16-24-20/h5-18H,1-4H3. The number of hydrogen-bond acceptors (Lipinski definition) is 2. The highest BCUT2D eigenvalue weighted by molar-refractivity contribution is 7.49. The van der Waals surface area contributed by atoms with Crippen LogP contribution in [0.25, 0.3) is 12.2 Å². The van der Waals surface area contributed by atoms with Gasteiger partial charge in [-0.1, -0.05) is 97.2 Å². The second-order valence-corrected chi connectivity index (χ2v) is 22.9. The van der Waals surface area contributed by atoms with E-state index in [-0.39, 0.29) is 0 Å². The molecular weight excluding hydrogens is 348 g/mol. The van der Waals surface area contributed by atoms with Crippen LogP contribution in [0.2, 0.25) is 26.2 Å². The van der Waals surface area contributed by atoms with Crippen molar-refractivity contribution in [2.75, 3.05) is 0 Å². The molecule has 0 unspecified atom stereocenters. The summed E-state index contributed by atoms with van der Waals surface area (Å²) in [5.74, 6) is 0. The van der Waals surface area contributed by atoms with Crippen LogP contribution in [-0.4, -0.2) is 25.2 Å². The van der Waals surface area contributed by atoms with Crippen molar-refractivity contribution in [3.8, 4) is 0 Å². The molecule has 26 heavy (non-hydrogen) atoms. The molecule has 0 saturated carbocycles. The molecule has 0 bridgehead atoms. The summed E-state index contributed by atoms with van der Waals surface area (Å²) in [5.41, 5.74) is 2.11. The van der Waals surface area contributed by atoms with Gasteiger partial charge in [0.05, 0.1) is 27.1 Å². The maximum Gasteiger partial charge on any atom is 0.0813 e. The minimum absolute atomic E-state index is 0.883. The predicted octanol–water partition coefficient (Wildman–Crippen LogP) is 4.26. The molecule has 0 fully saturated rings. The third kappa shape index (κ3) is 3.76. The van der Waals surface area contributed by atoms with E-state index < -0.39 is 15.2 Å². The maximum absolute atomic E-state index is 4.31. The van der Waals surface area contributed by atoms with Crippen LogP contribution < -0.4 is 10.4 Å². The Morgan fingerprint density at radius 2 is 1.42 bits per heavy atom. The molecule has 3 aromatic rings. The SMILES string of the molecule is C[Si](C)(c1ccccc1)[Si](C)(C)c1cccc(C=Cc2cnccn2)c1. The Kier molecular flexibility index (Phi) is 5.34. The molecule has 0 aliphatic rings. The Balaban J connectivity index is 1.92. The summed E-state index contributed by atoms with van der Waals surface area (Å²) in [6.45, 7) is 10.1. The van der Waals surface area contributed by atoms with Gasteiger partial charge in [-0.05, 0) is 11.6 Å². The number of nitrogens with zero attached hydrogens (tertiary/aromatic N) is 2. The largest absolute Gasteiger partial charge is 0.261 e. The number of aromatic nitrogens is 2. The molecule has 1 heterocycles. The lowest BCUT2D eigenvalue weighted by Crippen LogP contribution is -2.69. The molecule has 0 amide bonds. The van der Waals surface area contributed by atoms with Crippen LogP contribution in [0.3, 0.4) is 0 Å². The van der Waals surface area contributed by atoms with Crippen molar-refractivity contribution < 1.29 is 0 Å². The topological polar surface area (TPSA) is 25.8 Å². The monoisotopic (exact) mass is 374 g/mol. The van der Waals surface area contributed by atoms with Crippen LogP contribution in [-0.2, 0) is 0 Å². The molecule has 0 radical (unpaired) electrons. The Labute approximate surface area is 158 Å². The smallest absolute Gasteiger partial charge is 0.0813 e. The Morgan fingerprint density at radius 3 is 2.12 bits per heavy atom. The molecular formula is C22H26N2Si2. The molecule has 0 saturated heterocycles. The second-order valence-electron chi connectivity index (χ2n) is 7.71. The van der Waals surface area contributed by atoms with Crippen LogP contribution in [0.1, 0.15) is 11.3 Å². The van der Waals surface area contributed by atoms with E-state index >= 15 is 0 Å². The van der Waals surface area contributed by atoms with Crippen molar-refractivity contribution >= 4 is 37.7 Å². The Hall–Kier alpha value is -2.31. The summed E-state index contributed by atoms with van der Waals surface area (Å²) in [4.78, 5) is 8.43. The van der Waals surface area contributed by atoms with E-state index in [1.807, 2.05) is 6.08 Å². The van der Waals surface area contributed by atoms with Crippen LogP contribution in [0.15, 0.2) is 73.2 Å². The summed E-state index contributed by atoms with van der Waals surface area (Å²) >= 11 is 0. The number of rotatable bonds is 5. The van der Waals surface area contributed by atoms with Gasteiger partial charge in [0.15, 0.2) is 0 Å². The molecule has 3 rings (SSSR count). The first-order valence-corrected chi connectivity index (χ1v) is 16.0. The van der Waals surface area contributed by atoms with Gasteiger partial charge in [0.1, 0.15) is 0 Å². The molecule has 1 aromatic heterocycles. The van der Waals surface area contributed by atoms with Gasteiger partial charge in [0, 0.05) is 12.4 Å². The molecule has 0 aliphatic carbocycles. The van der Waals surface area contributed by atoms with E-state index in [1.165, 1.54) is 10.8 Å². The number of hydrogen-bond donors (Lipinski definition) is 0. The van der Waals surface area contributed by atoms with E-state index in [1.54, 1.807) is 23.8 Å². The molecule has 0 aliphatic heterocycles. The predicted molar refractivity (Wildman–Crippen MR) is 118 cm³/mol. The molecule has 4 heteroatoms. The van der Waals surface area contributed by atoms with Crippen molar-refractivity contribution in [1.82, 2.24) is 9.97 Å². The zero-order valence-corrected chi connectivity index (χ0v) is 18.0. The van der Waals surface area contributed by atoms with Crippen LogP contribution in [0.4, 0.5) is 0 Å². The minimum atomic E-state index is -1.61. The van der Waals surface area contributed by atoms with Gasteiger partial charge in [-0.15, -0.1) is 0 Å². The zero-order valence-electron chi connectivity index (χ0n) is 16.0.